The molecule has 19 heavy (non-hydrogen) atoms. The van der Waals surface area contributed by atoms with E-state index in [0.717, 1.165) is 0 Å². The third-order valence-electron chi connectivity index (χ3n) is 3.97. The van der Waals surface area contributed by atoms with Gasteiger partial charge in [0, 0.05) is 16.1 Å². The molecule has 0 saturated carbocycles. The molecular formula is C17H40Si2. The first-order valence-corrected chi connectivity index (χ1v) is 15.9. The van der Waals surface area contributed by atoms with Crippen LogP contribution in [0.3, 0.4) is 0 Å². The van der Waals surface area contributed by atoms with Gasteiger partial charge in [-0.3, -0.25) is 0 Å². The molecule has 0 atom stereocenters. The van der Waals surface area contributed by atoms with E-state index < -0.39 is 16.1 Å². The number of rotatable bonds is 12. The number of unbranched alkanes of at least 4 members (excludes halogenated alkanes) is 8. The lowest BCUT2D eigenvalue weighted by Crippen LogP contribution is -2.37. The van der Waals surface area contributed by atoms with Crippen LogP contribution in [0.1, 0.15) is 64.7 Å². The molecule has 2 heteroatoms. The fourth-order valence-electron chi connectivity index (χ4n) is 3.44. The first kappa shape index (κ1) is 19.4. The fraction of sp³-hybridized carbons (Fsp3) is 1.00. The van der Waals surface area contributed by atoms with Crippen LogP contribution in [0.5, 0.6) is 0 Å². The van der Waals surface area contributed by atoms with E-state index in [1.165, 1.54) is 57.8 Å². The topological polar surface area (TPSA) is 0 Å². The third-order valence-corrected chi connectivity index (χ3v) is 13.7. The van der Waals surface area contributed by atoms with Gasteiger partial charge in [-0.1, -0.05) is 109 Å². The maximum absolute atomic E-state index is 2.62. The minimum absolute atomic E-state index is 0.825. The van der Waals surface area contributed by atoms with E-state index in [1.54, 1.807) is 11.7 Å². The Balaban J connectivity index is 3.43. The van der Waals surface area contributed by atoms with Crippen molar-refractivity contribution in [3.8, 4) is 0 Å². The Morgan fingerprint density at radius 3 is 1.42 bits per heavy atom. The Labute approximate surface area is 125 Å². The summed E-state index contributed by atoms with van der Waals surface area (Å²) in [5.74, 6) is 0. The van der Waals surface area contributed by atoms with Crippen LogP contribution in [-0.2, 0) is 0 Å². The zero-order valence-electron chi connectivity index (χ0n) is 14.8. The van der Waals surface area contributed by atoms with Gasteiger partial charge in [-0.2, -0.15) is 0 Å². The van der Waals surface area contributed by atoms with Gasteiger partial charge in [0.1, 0.15) is 0 Å². The molecule has 0 aromatic heterocycles. The van der Waals surface area contributed by atoms with E-state index in [2.05, 4.69) is 39.7 Å². The van der Waals surface area contributed by atoms with Crippen LogP contribution in [0.2, 0.25) is 44.4 Å². The fourth-order valence-corrected chi connectivity index (χ4v) is 16.8. The minimum atomic E-state index is -0.863. The Hall–Kier alpha value is 0.434. The highest BCUT2D eigenvalue weighted by molar-refractivity contribution is 6.94. The summed E-state index contributed by atoms with van der Waals surface area (Å²) in [6.45, 7) is 15.2. The Bertz CT molecular complexity index is 204. The van der Waals surface area contributed by atoms with E-state index in [1.807, 2.05) is 0 Å². The van der Waals surface area contributed by atoms with Crippen LogP contribution in [-0.4, -0.2) is 16.1 Å². The van der Waals surface area contributed by atoms with Gasteiger partial charge in [-0.15, -0.1) is 0 Å². The van der Waals surface area contributed by atoms with Gasteiger partial charge in [0.05, 0.1) is 0 Å². The minimum Gasteiger partial charge on any atom is -0.0698 e. The summed E-state index contributed by atoms with van der Waals surface area (Å²) in [5, 5.41) is 0. The largest absolute Gasteiger partial charge is 0.0698 e. The summed E-state index contributed by atoms with van der Waals surface area (Å²) in [6, 6.07) is 1.58. The molecule has 0 bridgehead atoms. The highest BCUT2D eigenvalue weighted by Gasteiger charge is 2.27. The first-order chi connectivity index (χ1) is 8.77. The summed E-state index contributed by atoms with van der Waals surface area (Å²) in [4.78, 5) is 0. The number of hydrogen-bond acceptors (Lipinski definition) is 0. The van der Waals surface area contributed by atoms with Gasteiger partial charge in [-0.05, 0) is 0 Å². The SMILES string of the molecule is CCCCCCCCCCC[Si](C)(C)C[Si](C)(C)C. The van der Waals surface area contributed by atoms with E-state index in [9.17, 15) is 0 Å². The van der Waals surface area contributed by atoms with Crippen molar-refractivity contribution in [3.05, 3.63) is 0 Å². The normalized spacial score (nSPS) is 12.9. The molecular weight excluding hydrogens is 260 g/mol. The molecule has 0 aromatic carbocycles. The molecule has 116 valence electrons. The number of hydrogen-bond donors (Lipinski definition) is 0. The zero-order chi connectivity index (χ0) is 14.8. The maximum Gasteiger partial charge on any atom is 0.0447 e. The smallest absolute Gasteiger partial charge is 0.0447 e. The van der Waals surface area contributed by atoms with Gasteiger partial charge >= 0.3 is 0 Å². The lowest BCUT2D eigenvalue weighted by Gasteiger charge is -2.29. The lowest BCUT2D eigenvalue weighted by molar-refractivity contribution is 0.571. The average molecular weight is 301 g/mol. The van der Waals surface area contributed by atoms with Gasteiger partial charge in [0.15, 0.2) is 0 Å². The summed E-state index contributed by atoms with van der Waals surface area (Å²) >= 11 is 0. The standard InChI is InChI=1S/C17H40Si2/c1-7-8-9-10-11-12-13-14-15-16-19(5,6)17-18(2,3)4/h7-17H2,1-6H3. The molecule has 0 heterocycles. The van der Waals surface area contributed by atoms with Gasteiger partial charge in [-0.25, -0.2) is 0 Å². The molecule has 0 radical (unpaired) electrons. The van der Waals surface area contributed by atoms with Crippen LogP contribution in [0, 0.1) is 0 Å². The van der Waals surface area contributed by atoms with Crippen molar-refractivity contribution in [2.24, 2.45) is 0 Å². The second kappa shape index (κ2) is 10.2. The third kappa shape index (κ3) is 14.7. The molecule has 0 unspecified atom stereocenters. The molecule has 0 fully saturated rings. The van der Waals surface area contributed by atoms with Gasteiger partial charge < -0.3 is 0 Å². The van der Waals surface area contributed by atoms with Crippen LogP contribution in [0.4, 0.5) is 0 Å². The summed E-state index contributed by atoms with van der Waals surface area (Å²) in [6.07, 6.45) is 13.2. The quantitative estimate of drug-likeness (QED) is 0.266. The monoisotopic (exact) mass is 300 g/mol. The van der Waals surface area contributed by atoms with E-state index >= 15 is 0 Å². The second-order valence-electron chi connectivity index (χ2n) is 8.48. The van der Waals surface area contributed by atoms with Crippen molar-refractivity contribution in [3.63, 3.8) is 0 Å². The van der Waals surface area contributed by atoms with E-state index in [0.29, 0.717) is 0 Å². The lowest BCUT2D eigenvalue weighted by atomic mass is 10.1. The van der Waals surface area contributed by atoms with E-state index in [4.69, 9.17) is 0 Å². The van der Waals surface area contributed by atoms with Crippen molar-refractivity contribution in [2.45, 2.75) is 109 Å². The highest BCUT2D eigenvalue weighted by atomic mass is 28.4. The zero-order valence-corrected chi connectivity index (χ0v) is 16.8. The van der Waals surface area contributed by atoms with Crippen LogP contribution < -0.4 is 0 Å². The van der Waals surface area contributed by atoms with E-state index in [-0.39, 0.29) is 0 Å². The second-order valence-corrected chi connectivity index (χ2v) is 19.8. The summed E-state index contributed by atoms with van der Waals surface area (Å²) < 4.78 is 0. The van der Waals surface area contributed by atoms with Crippen LogP contribution in [0.15, 0.2) is 0 Å². The molecule has 0 aromatic rings. The Morgan fingerprint density at radius 1 is 0.579 bits per heavy atom. The van der Waals surface area contributed by atoms with Crippen molar-refractivity contribution in [1.82, 2.24) is 0 Å². The molecule has 0 aliphatic rings. The predicted molar refractivity (Wildman–Crippen MR) is 97.7 cm³/mol. The molecule has 0 nitrogen and oxygen atoms in total. The first-order valence-electron chi connectivity index (χ1n) is 8.77. The Morgan fingerprint density at radius 2 is 1.00 bits per heavy atom. The van der Waals surface area contributed by atoms with Gasteiger partial charge in [0.25, 0.3) is 0 Å². The highest BCUT2D eigenvalue weighted by Crippen LogP contribution is 2.25. The molecule has 0 amide bonds. The molecule has 0 N–H and O–H groups in total. The Kier molecular flexibility index (Phi) is 10.4. The van der Waals surface area contributed by atoms with Crippen molar-refractivity contribution in [1.29, 1.82) is 0 Å². The molecule has 0 saturated heterocycles. The maximum atomic E-state index is 2.62. The predicted octanol–water partition coefficient (Wildman–Crippen LogP) is 7.10. The molecule has 0 aliphatic heterocycles. The van der Waals surface area contributed by atoms with Crippen molar-refractivity contribution >= 4 is 16.1 Å². The summed E-state index contributed by atoms with van der Waals surface area (Å²) in [7, 11) is -1.69. The van der Waals surface area contributed by atoms with Crippen molar-refractivity contribution < 1.29 is 0 Å². The van der Waals surface area contributed by atoms with Gasteiger partial charge in [0.2, 0.25) is 0 Å². The average Bonchev–Trinajstić information content (AvgIpc) is 2.23. The molecule has 0 rings (SSSR count). The van der Waals surface area contributed by atoms with Crippen LogP contribution in [0.25, 0.3) is 0 Å². The van der Waals surface area contributed by atoms with Crippen molar-refractivity contribution in [2.75, 3.05) is 0 Å². The summed E-state index contributed by atoms with van der Waals surface area (Å²) in [5.41, 5.74) is 1.62. The van der Waals surface area contributed by atoms with Crippen LogP contribution >= 0.6 is 0 Å². The molecule has 0 spiro atoms. The molecule has 0 aliphatic carbocycles.